The molecule has 0 bridgehead atoms. The molecule has 3 amide bonds. The van der Waals surface area contributed by atoms with Gasteiger partial charge in [-0.1, -0.05) is 30.3 Å². The molecule has 188 valence electrons. The molecule has 2 aromatic carbocycles. The smallest absolute Gasteiger partial charge is 0.228 e. The zero-order valence-corrected chi connectivity index (χ0v) is 20.5. The Kier molecular flexibility index (Phi) is 8.12. The fourth-order valence-electron chi connectivity index (χ4n) is 4.08. The van der Waals surface area contributed by atoms with E-state index in [9.17, 15) is 14.4 Å². The summed E-state index contributed by atoms with van der Waals surface area (Å²) >= 11 is 0. The van der Waals surface area contributed by atoms with Crippen molar-refractivity contribution < 1.29 is 23.5 Å². The van der Waals surface area contributed by atoms with Crippen LogP contribution < -0.4 is 10.6 Å². The summed E-state index contributed by atoms with van der Waals surface area (Å²) in [6, 6.07) is 16.8. The monoisotopic (exact) mass is 490 g/mol. The number of benzene rings is 2. The number of anilines is 1. The third-order valence-electron chi connectivity index (χ3n) is 6.10. The van der Waals surface area contributed by atoms with Gasteiger partial charge in [0.1, 0.15) is 11.5 Å². The van der Waals surface area contributed by atoms with Crippen LogP contribution in [-0.2, 0) is 32.1 Å². The van der Waals surface area contributed by atoms with Crippen LogP contribution in [0.2, 0.25) is 0 Å². The predicted molar refractivity (Wildman–Crippen MR) is 134 cm³/mol. The fourth-order valence-corrected chi connectivity index (χ4v) is 4.08. The molecule has 1 unspecified atom stereocenters. The number of ether oxygens (including phenoxy) is 1. The molecule has 1 saturated heterocycles. The number of hydrogen-bond acceptors (Lipinski definition) is 6. The summed E-state index contributed by atoms with van der Waals surface area (Å²) in [4.78, 5) is 43.2. The molecule has 2 N–H and O–H groups in total. The first kappa shape index (κ1) is 25.1. The highest BCUT2D eigenvalue weighted by atomic mass is 16.5. The van der Waals surface area contributed by atoms with Crippen molar-refractivity contribution >= 4 is 23.4 Å². The summed E-state index contributed by atoms with van der Waals surface area (Å²) in [6.45, 7) is 3.33. The van der Waals surface area contributed by atoms with E-state index in [2.05, 4.69) is 15.6 Å². The van der Waals surface area contributed by atoms with E-state index >= 15 is 0 Å². The summed E-state index contributed by atoms with van der Waals surface area (Å²) in [5, 5.41) is 5.77. The Labute approximate surface area is 209 Å². The van der Waals surface area contributed by atoms with Gasteiger partial charge >= 0.3 is 0 Å². The number of nitrogens with one attached hydrogen (secondary N) is 2. The SMILES string of the molecule is COCCN1CC(C(=O)NCc2nc(-c3ccc(NC(=O)Cc4ccccc4)cc3)oc2C)CC1=O. The summed E-state index contributed by atoms with van der Waals surface area (Å²) in [5.74, 6) is 0.348. The highest BCUT2D eigenvalue weighted by molar-refractivity contribution is 5.92. The van der Waals surface area contributed by atoms with Crippen LogP contribution in [0.25, 0.3) is 11.5 Å². The first-order valence-electron chi connectivity index (χ1n) is 11.9. The molecule has 36 heavy (non-hydrogen) atoms. The van der Waals surface area contributed by atoms with Crippen LogP contribution in [-0.4, -0.2) is 54.4 Å². The van der Waals surface area contributed by atoms with E-state index in [1.54, 1.807) is 31.1 Å². The standard InChI is InChI=1S/C27H30N4O5/c1-18-23(16-28-26(34)21-15-25(33)31(17-21)12-13-35-2)30-27(36-18)20-8-10-22(11-9-20)29-24(32)14-19-6-4-3-5-7-19/h3-11,21H,12-17H2,1-2H3,(H,28,34)(H,29,32). The van der Waals surface area contributed by atoms with Crippen molar-refractivity contribution in [2.45, 2.75) is 26.3 Å². The number of likely N-dealkylation sites (tertiary alicyclic amines) is 1. The van der Waals surface area contributed by atoms with Gasteiger partial charge in [0, 0.05) is 37.9 Å². The predicted octanol–water partition coefficient (Wildman–Crippen LogP) is 2.94. The van der Waals surface area contributed by atoms with E-state index in [0.717, 1.165) is 11.1 Å². The third kappa shape index (κ3) is 6.37. The van der Waals surface area contributed by atoms with Gasteiger partial charge in [-0.15, -0.1) is 0 Å². The second kappa shape index (κ2) is 11.6. The number of amides is 3. The first-order valence-corrected chi connectivity index (χ1v) is 11.9. The Balaban J connectivity index is 1.30. The van der Waals surface area contributed by atoms with Crippen molar-refractivity contribution in [1.82, 2.24) is 15.2 Å². The maximum Gasteiger partial charge on any atom is 0.228 e. The normalized spacial score (nSPS) is 15.2. The first-order chi connectivity index (χ1) is 17.4. The number of aromatic nitrogens is 1. The summed E-state index contributed by atoms with van der Waals surface area (Å²) in [7, 11) is 1.58. The number of hydrogen-bond donors (Lipinski definition) is 2. The van der Waals surface area contributed by atoms with Crippen LogP contribution in [0.4, 0.5) is 5.69 Å². The molecule has 0 aliphatic carbocycles. The maximum absolute atomic E-state index is 12.6. The lowest BCUT2D eigenvalue weighted by molar-refractivity contribution is -0.129. The average Bonchev–Trinajstić information content (AvgIpc) is 3.44. The van der Waals surface area contributed by atoms with Crippen LogP contribution >= 0.6 is 0 Å². The van der Waals surface area contributed by atoms with Crippen LogP contribution in [0, 0.1) is 12.8 Å². The van der Waals surface area contributed by atoms with Gasteiger partial charge in [0.05, 0.1) is 25.5 Å². The van der Waals surface area contributed by atoms with Gasteiger partial charge in [-0.25, -0.2) is 4.98 Å². The van der Waals surface area contributed by atoms with E-state index in [4.69, 9.17) is 9.15 Å². The van der Waals surface area contributed by atoms with Gasteiger partial charge in [-0.3, -0.25) is 14.4 Å². The van der Waals surface area contributed by atoms with E-state index in [-0.39, 0.29) is 36.6 Å². The Bertz CT molecular complexity index is 1210. The molecule has 1 aliphatic rings. The van der Waals surface area contributed by atoms with Crippen molar-refractivity contribution in [3.8, 4) is 11.5 Å². The molecule has 9 heteroatoms. The number of carbonyl (C=O) groups excluding carboxylic acids is 3. The molecular formula is C27H30N4O5. The van der Waals surface area contributed by atoms with Crippen LogP contribution in [0.15, 0.2) is 59.0 Å². The minimum atomic E-state index is -0.384. The molecule has 3 aromatic rings. The third-order valence-corrected chi connectivity index (χ3v) is 6.10. The number of oxazole rings is 1. The Hall–Kier alpha value is -3.98. The molecule has 1 aliphatic heterocycles. The second-order valence-corrected chi connectivity index (χ2v) is 8.76. The molecule has 0 saturated carbocycles. The van der Waals surface area contributed by atoms with E-state index in [1.807, 2.05) is 42.5 Å². The van der Waals surface area contributed by atoms with Crippen molar-refractivity contribution in [1.29, 1.82) is 0 Å². The van der Waals surface area contributed by atoms with Gasteiger partial charge in [0.25, 0.3) is 0 Å². The molecule has 0 radical (unpaired) electrons. The summed E-state index contributed by atoms with van der Waals surface area (Å²) in [5.41, 5.74) is 3.01. The lowest BCUT2D eigenvalue weighted by atomic mass is 10.1. The van der Waals surface area contributed by atoms with Crippen LogP contribution in [0.5, 0.6) is 0 Å². The van der Waals surface area contributed by atoms with Crippen molar-refractivity contribution in [3.05, 3.63) is 71.6 Å². The molecular weight excluding hydrogens is 460 g/mol. The summed E-state index contributed by atoms with van der Waals surface area (Å²) < 4.78 is 10.8. The van der Waals surface area contributed by atoms with Crippen molar-refractivity contribution in [2.24, 2.45) is 5.92 Å². The number of carbonyl (C=O) groups is 3. The number of rotatable bonds is 10. The zero-order valence-electron chi connectivity index (χ0n) is 20.5. The average molecular weight is 491 g/mol. The highest BCUT2D eigenvalue weighted by Crippen LogP contribution is 2.24. The van der Waals surface area contributed by atoms with Gasteiger partial charge in [0.2, 0.25) is 23.6 Å². The fraction of sp³-hybridized carbons (Fsp3) is 0.333. The molecule has 1 fully saturated rings. The van der Waals surface area contributed by atoms with Gasteiger partial charge < -0.3 is 24.7 Å². The van der Waals surface area contributed by atoms with Crippen molar-refractivity contribution in [2.75, 3.05) is 32.1 Å². The minimum absolute atomic E-state index is 0.0354. The lowest BCUT2D eigenvalue weighted by Gasteiger charge is -2.15. The largest absolute Gasteiger partial charge is 0.441 e. The lowest BCUT2D eigenvalue weighted by Crippen LogP contribution is -2.33. The van der Waals surface area contributed by atoms with Crippen LogP contribution in [0.1, 0.15) is 23.4 Å². The molecule has 0 spiro atoms. The van der Waals surface area contributed by atoms with Crippen molar-refractivity contribution in [3.63, 3.8) is 0 Å². The van der Waals surface area contributed by atoms with Crippen LogP contribution in [0.3, 0.4) is 0 Å². The van der Waals surface area contributed by atoms with Gasteiger partial charge in [-0.2, -0.15) is 0 Å². The number of nitrogens with zero attached hydrogens (tertiary/aromatic N) is 2. The highest BCUT2D eigenvalue weighted by Gasteiger charge is 2.34. The van der Waals surface area contributed by atoms with E-state index in [0.29, 0.717) is 49.1 Å². The Morgan fingerprint density at radius 3 is 2.61 bits per heavy atom. The topological polar surface area (TPSA) is 114 Å². The quantitative estimate of drug-likeness (QED) is 0.452. The van der Waals surface area contributed by atoms with Gasteiger partial charge in [-0.05, 0) is 36.8 Å². The molecule has 1 atom stereocenters. The Morgan fingerprint density at radius 1 is 1.14 bits per heavy atom. The molecule has 2 heterocycles. The summed E-state index contributed by atoms with van der Waals surface area (Å²) in [6.07, 6.45) is 0.504. The minimum Gasteiger partial charge on any atom is -0.441 e. The second-order valence-electron chi connectivity index (χ2n) is 8.76. The van der Waals surface area contributed by atoms with E-state index in [1.165, 1.54) is 0 Å². The zero-order chi connectivity index (χ0) is 25.5. The molecule has 9 nitrogen and oxygen atoms in total. The number of aryl methyl sites for hydroxylation is 1. The van der Waals surface area contributed by atoms with Gasteiger partial charge in [0.15, 0.2) is 0 Å². The Morgan fingerprint density at radius 2 is 1.89 bits per heavy atom. The molecule has 4 rings (SSSR count). The van der Waals surface area contributed by atoms with E-state index < -0.39 is 0 Å². The maximum atomic E-state index is 12.6. The molecule has 1 aromatic heterocycles. The number of methoxy groups -OCH3 is 1.